The van der Waals surface area contributed by atoms with E-state index in [9.17, 15) is 4.79 Å². The van der Waals surface area contributed by atoms with Crippen LogP contribution in [-0.4, -0.2) is 11.1 Å². The second kappa shape index (κ2) is 7.10. The monoisotopic (exact) mass is 282 g/mol. The molecule has 0 spiro atoms. The molecule has 1 rings (SSSR count). The lowest BCUT2D eigenvalue weighted by Gasteiger charge is -1.98. The van der Waals surface area contributed by atoms with Gasteiger partial charge in [-0.25, -0.2) is 4.79 Å². The van der Waals surface area contributed by atoms with Gasteiger partial charge in [-0.2, -0.15) is 0 Å². The molecule has 0 fully saturated rings. The zero-order chi connectivity index (χ0) is 13.5. The summed E-state index contributed by atoms with van der Waals surface area (Å²) in [7, 11) is 0. The van der Waals surface area contributed by atoms with Crippen LogP contribution in [-0.2, 0) is 4.79 Å². The zero-order valence-corrected chi connectivity index (χ0v) is 11.3. The smallest absolute Gasteiger partial charge is 0.344 e. The Morgan fingerprint density at radius 1 is 1.33 bits per heavy atom. The first kappa shape index (κ1) is 14.6. The van der Waals surface area contributed by atoms with Gasteiger partial charge in [0.15, 0.2) is 0 Å². The number of aliphatic carboxylic acids is 1. The Morgan fingerprint density at radius 2 is 1.94 bits per heavy atom. The predicted octanol–water partition coefficient (Wildman–Crippen LogP) is 4.26. The minimum atomic E-state index is -1.06. The van der Waals surface area contributed by atoms with Gasteiger partial charge < -0.3 is 5.11 Å². The molecular formula is C14H12Cl2O2. The Labute approximate surface area is 116 Å². The summed E-state index contributed by atoms with van der Waals surface area (Å²) in [6, 6.07) is 4.86. The lowest BCUT2D eigenvalue weighted by atomic mass is 10.1. The summed E-state index contributed by atoms with van der Waals surface area (Å²) in [5.41, 5.74) is 0.650. The first-order valence-corrected chi connectivity index (χ1v) is 6.18. The van der Waals surface area contributed by atoms with E-state index in [0.717, 1.165) is 6.42 Å². The Kier molecular flexibility index (Phi) is 5.77. The molecule has 0 saturated carbocycles. The van der Waals surface area contributed by atoms with Crippen molar-refractivity contribution in [3.63, 3.8) is 0 Å². The maximum absolute atomic E-state index is 11.0. The highest BCUT2D eigenvalue weighted by atomic mass is 35.5. The molecule has 0 aliphatic heterocycles. The number of rotatable bonds is 3. The number of carboxylic acids is 1. The van der Waals surface area contributed by atoms with Gasteiger partial charge in [-0.15, -0.1) is 0 Å². The van der Waals surface area contributed by atoms with Crippen LogP contribution < -0.4 is 0 Å². The van der Waals surface area contributed by atoms with Crippen LogP contribution in [0.3, 0.4) is 0 Å². The normalized spacial score (nSPS) is 10.7. The van der Waals surface area contributed by atoms with Crippen molar-refractivity contribution in [3.8, 4) is 11.8 Å². The number of carboxylic acid groups (broad SMARTS) is 1. The van der Waals surface area contributed by atoms with Gasteiger partial charge in [-0.1, -0.05) is 42.0 Å². The average molecular weight is 283 g/mol. The molecule has 2 nitrogen and oxygen atoms in total. The molecule has 0 bridgehead atoms. The molecule has 0 aliphatic rings. The molecule has 1 aromatic rings. The summed E-state index contributed by atoms with van der Waals surface area (Å²) < 4.78 is 0. The Morgan fingerprint density at radius 3 is 2.44 bits per heavy atom. The van der Waals surface area contributed by atoms with E-state index in [0.29, 0.717) is 22.0 Å². The SMILES string of the molecule is CCCC#C/C(=C\c1cc(Cl)cc(Cl)c1)C(=O)O. The molecule has 18 heavy (non-hydrogen) atoms. The summed E-state index contributed by atoms with van der Waals surface area (Å²) >= 11 is 11.7. The van der Waals surface area contributed by atoms with Crippen LogP contribution in [0, 0.1) is 11.8 Å². The third-order valence-corrected chi connectivity index (χ3v) is 2.46. The third-order valence-electron chi connectivity index (χ3n) is 2.02. The molecule has 1 N–H and O–H groups in total. The first-order valence-electron chi connectivity index (χ1n) is 5.43. The summed E-state index contributed by atoms with van der Waals surface area (Å²) in [4.78, 5) is 11.0. The van der Waals surface area contributed by atoms with E-state index in [1.54, 1.807) is 18.2 Å². The summed E-state index contributed by atoms with van der Waals surface area (Å²) in [6.07, 6.45) is 3.02. The number of carbonyl (C=O) groups is 1. The highest BCUT2D eigenvalue weighted by Crippen LogP contribution is 2.20. The summed E-state index contributed by atoms with van der Waals surface area (Å²) in [5.74, 6) is 4.37. The second-order valence-corrected chi connectivity index (χ2v) is 4.49. The van der Waals surface area contributed by atoms with Gasteiger partial charge in [0.1, 0.15) is 5.57 Å². The van der Waals surface area contributed by atoms with E-state index in [-0.39, 0.29) is 5.57 Å². The van der Waals surface area contributed by atoms with Crippen LogP contribution in [0.2, 0.25) is 10.0 Å². The molecule has 0 radical (unpaired) electrons. The quantitative estimate of drug-likeness (QED) is 0.664. The van der Waals surface area contributed by atoms with Gasteiger partial charge in [0.25, 0.3) is 0 Å². The van der Waals surface area contributed by atoms with Crippen LogP contribution in [0.25, 0.3) is 6.08 Å². The maximum Gasteiger partial charge on any atom is 0.344 e. The number of benzene rings is 1. The molecule has 0 aromatic heterocycles. The van der Waals surface area contributed by atoms with Gasteiger partial charge in [0.05, 0.1) is 0 Å². The largest absolute Gasteiger partial charge is 0.477 e. The van der Waals surface area contributed by atoms with Crippen molar-refractivity contribution in [3.05, 3.63) is 39.4 Å². The highest BCUT2D eigenvalue weighted by molar-refractivity contribution is 6.34. The van der Waals surface area contributed by atoms with Crippen molar-refractivity contribution < 1.29 is 9.90 Å². The van der Waals surface area contributed by atoms with E-state index in [4.69, 9.17) is 28.3 Å². The standard InChI is InChI=1S/C14H12Cl2O2/c1-2-3-4-5-11(14(17)18)6-10-7-12(15)9-13(16)8-10/h6-9H,2-3H2,1H3,(H,17,18)/b11-6+. The van der Waals surface area contributed by atoms with Crippen molar-refractivity contribution in [2.75, 3.05) is 0 Å². The minimum absolute atomic E-state index is 0.0294. The van der Waals surface area contributed by atoms with E-state index >= 15 is 0 Å². The Bertz CT molecular complexity index is 516. The van der Waals surface area contributed by atoms with Gasteiger partial charge in [0, 0.05) is 16.5 Å². The van der Waals surface area contributed by atoms with Gasteiger partial charge >= 0.3 is 5.97 Å². The van der Waals surface area contributed by atoms with Crippen LogP contribution in [0.4, 0.5) is 0 Å². The molecule has 0 heterocycles. The molecule has 4 heteroatoms. The molecule has 0 amide bonds. The van der Waals surface area contributed by atoms with Crippen molar-refractivity contribution in [2.45, 2.75) is 19.8 Å². The lowest BCUT2D eigenvalue weighted by molar-refractivity contribution is -0.132. The van der Waals surface area contributed by atoms with Crippen LogP contribution >= 0.6 is 23.2 Å². The van der Waals surface area contributed by atoms with Crippen molar-refractivity contribution in [2.24, 2.45) is 0 Å². The van der Waals surface area contributed by atoms with Crippen LogP contribution in [0.15, 0.2) is 23.8 Å². The molecular weight excluding hydrogens is 271 g/mol. The number of hydrogen-bond acceptors (Lipinski definition) is 1. The fraction of sp³-hybridized carbons (Fsp3) is 0.214. The van der Waals surface area contributed by atoms with Crippen LogP contribution in [0.5, 0.6) is 0 Å². The molecule has 0 saturated heterocycles. The Balaban J connectivity index is 3.09. The molecule has 0 atom stereocenters. The lowest BCUT2D eigenvalue weighted by Crippen LogP contribution is -1.97. The average Bonchev–Trinajstić information content (AvgIpc) is 2.26. The molecule has 94 valence electrons. The highest BCUT2D eigenvalue weighted by Gasteiger charge is 2.04. The fourth-order valence-electron chi connectivity index (χ4n) is 1.26. The van der Waals surface area contributed by atoms with E-state index < -0.39 is 5.97 Å². The fourth-order valence-corrected chi connectivity index (χ4v) is 1.80. The zero-order valence-electron chi connectivity index (χ0n) is 9.84. The minimum Gasteiger partial charge on any atom is -0.477 e. The summed E-state index contributed by atoms with van der Waals surface area (Å²) in [6.45, 7) is 1.98. The van der Waals surface area contributed by atoms with Gasteiger partial charge in [-0.3, -0.25) is 0 Å². The topological polar surface area (TPSA) is 37.3 Å². The molecule has 0 aliphatic carbocycles. The van der Waals surface area contributed by atoms with E-state index in [1.165, 1.54) is 6.08 Å². The predicted molar refractivity (Wildman–Crippen MR) is 74.8 cm³/mol. The third kappa shape index (κ3) is 4.83. The Hall–Kier alpha value is -1.43. The maximum atomic E-state index is 11.0. The van der Waals surface area contributed by atoms with Crippen molar-refractivity contribution in [1.82, 2.24) is 0 Å². The van der Waals surface area contributed by atoms with Crippen molar-refractivity contribution >= 4 is 35.2 Å². The van der Waals surface area contributed by atoms with Gasteiger partial charge in [-0.05, 0) is 36.3 Å². The first-order chi connectivity index (χ1) is 8.52. The van der Waals surface area contributed by atoms with Crippen molar-refractivity contribution in [1.29, 1.82) is 0 Å². The summed E-state index contributed by atoms with van der Waals surface area (Å²) in [5, 5.41) is 9.95. The number of halogens is 2. The second-order valence-electron chi connectivity index (χ2n) is 3.62. The molecule has 0 unspecified atom stereocenters. The molecule has 1 aromatic carbocycles. The number of unbranched alkanes of at least 4 members (excludes halogenated alkanes) is 1. The van der Waals surface area contributed by atoms with E-state index in [2.05, 4.69) is 11.8 Å². The van der Waals surface area contributed by atoms with E-state index in [1.807, 2.05) is 6.92 Å². The van der Waals surface area contributed by atoms with Gasteiger partial charge in [0.2, 0.25) is 0 Å². The van der Waals surface area contributed by atoms with Crippen LogP contribution in [0.1, 0.15) is 25.3 Å². The number of hydrogen-bond donors (Lipinski definition) is 1.